The largest absolute Gasteiger partial charge is 0.390 e. The van der Waals surface area contributed by atoms with Gasteiger partial charge in [-0.2, -0.15) is 0 Å². The van der Waals surface area contributed by atoms with Gasteiger partial charge in [-0.3, -0.25) is 0 Å². The van der Waals surface area contributed by atoms with Gasteiger partial charge in [-0.1, -0.05) is 24.9 Å². The van der Waals surface area contributed by atoms with Gasteiger partial charge in [0.1, 0.15) is 0 Å². The minimum Gasteiger partial charge on any atom is -0.390 e. The molecule has 0 bridgehead atoms. The molecule has 0 radical (unpaired) electrons. The maximum Gasteiger partial charge on any atom is 0.167 e. The minimum absolute atomic E-state index is 0.220. The van der Waals surface area contributed by atoms with Gasteiger partial charge >= 0.3 is 0 Å². The highest BCUT2D eigenvalue weighted by Crippen LogP contribution is 2.45. The molecule has 1 aromatic rings. The molecule has 1 aromatic heterocycles. The van der Waals surface area contributed by atoms with E-state index in [2.05, 4.69) is 4.98 Å². The zero-order valence-corrected chi connectivity index (χ0v) is 12.4. The number of nitrogens with zero attached hydrogens (tertiary/aromatic N) is 2. The lowest BCUT2D eigenvalue weighted by Crippen LogP contribution is -2.44. The van der Waals surface area contributed by atoms with Crippen molar-refractivity contribution < 1.29 is 9.50 Å². The molecule has 1 N–H and O–H groups in total. The molecule has 0 amide bonds. The van der Waals surface area contributed by atoms with Crippen molar-refractivity contribution in [2.75, 3.05) is 18.0 Å². The van der Waals surface area contributed by atoms with E-state index in [0.717, 1.165) is 32.2 Å². The van der Waals surface area contributed by atoms with Crippen molar-refractivity contribution in [3.8, 4) is 0 Å². The monoisotopic (exact) mass is 298 g/mol. The van der Waals surface area contributed by atoms with Gasteiger partial charge in [0.05, 0.1) is 10.6 Å². The number of anilines is 1. The predicted molar refractivity (Wildman–Crippen MR) is 77.5 cm³/mol. The second-order valence-electron chi connectivity index (χ2n) is 6.08. The molecule has 1 saturated heterocycles. The van der Waals surface area contributed by atoms with E-state index in [0.29, 0.717) is 23.3 Å². The fourth-order valence-corrected chi connectivity index (χ4v) is 4.02. The molecule has 1 saturated carbocycles. The minimum atomic E-state index is -0.597. The molecule has 0 unspecified atom stereocenters. The molecule has 110 valence electrons. The summed E-state index contributed by atoms with van der Waals surface area (Å²) >= 11 is 5.75. The fourth-order valence-electron chi connectivity index (χ4n) is 3.88. The van der Waals surface area contributed by atoms with E-state index in [1.165, 1.54) is 12.3 Å². The SMILES string of the molecule is CC[C@@]1(O)CCC[C@@H]2CN(c3ncc(Cl)cc3F)C[C@@H]21. The summed E-state index contributed by atoms with van der Waals surface area (Å²) in [6.07, 6.45) is 5.26. The van der Waals surface area contributed by atoms with Crippen LogP contribution in [-0.4, -0.2) is 28.8 Å². The van der Waals surface area contributed by atoms with Crippen LogP contribution in [0.15, 0.2) is 12.3 Å². The van der Waals surface area contributed by atoms with Gasteiger partial charge in [0.2, 0.25) is 0 Å². The van der Waals surface area contributed by atoms with Crippen molar-refractivity contribution in [3.05, 3.63) is 23.1 Å². The van der Waals surface area contributed by atoms with Crippen molar-refractivity contribution in [2.45, 2.75) is 38.2 Å². The second-order valence-corrected chi connectivity index (χ2v) is 6.52. The van der Waals surface area contributed by atoms with Crippen molar-refractivity contribution in [2.24, 2.45) is 11.8 Å². The number of pyridine rings is 1. The van der Waals surface area contributed by atoms with Crippen LogP contribution in [0, 0.1) is 17.7 Å². The summed E-state index contributed by atoms with van der Waals surface area (Å²) in [4.78, 5) is 6.09. The first kappa shape index (κ1) is 14.1. The summed E-state index contributed by atoms with van der Waals surface area (Å²) in [7, 11) is 0. The molecule has 1 aliphatic carbocycles. The lowest BCUT2D eigenvalue weighted by molar-refractivity contribution is -0.0597. The van der Waals surface area contributed by atoms with Gasteiger partial charge in [0.25, 0.3) is 0 Å². The lowest BCUT2D eigenvalue weighted by Gasteiger charge is -2.40. The van der Waals surface area contributed by atoms with Crippen molar-refractivity contribution in [1.29, 1.82) is 0 Å². The van der Waals surface area contributed by atoms with Crippen LogP contribution in [0.5, 0.6) is 0 Å². The Kier molecular flexibility index (Phi) is 3.63. The summed E-state index contributed by atoms with van der Waals surface area (Å²) < 4.78 is 14.0. The van der Waals surface area contributed by atoms with E-state index in [1.807, 2.05) is 11.8 Å². The lowest BCUT2D eigenvalue weighted by atomic mass is 9.69. The maximum atomic E-state index is 14.0. The summed E-state index contributed by atoms with van der Waals surface area (Å²) in [5.41, 5.74) is -0.597. The third-order valence-corrected chi connectivity index (χ3v) is 5.22. The quantitative estimate of drug-likeness (QED) is 0.910. The highest BCUT2D eigenvalue weighted by Gasteiger charge is 2.48. The van der Waals surface area contributed by atoms with Gasteiger partial charge in [-0.05, 0) is 31.2 Å². The first-order chi connectivity index (χ1) is 9.53. The highest BCUT2D eigenvalue weighted by atomic mass is 35.5. The first-order valence-electron chi connectivity index (χ1n) is 7.32. The average Bonchev–Trinajstić information content (AvgIpc) is 2.84. The number of halogens is 2. The van der Waals surface area contributed by atoms with Crippen molar-refractivity contribution in [3.63, 3.8) is 0 Å². The Morgan fingerprint density at radius 3 is 3.05 bits per heavy atom. The smallest absolute Gasteiger partial charge is 0.167 e. The van der Waals surface area contributed by atoms with Gasteiger partial charge in [-0.25, -0.2) is 9.37 Å². The topological polar surface area (TPSA) is 36.4 Å². The molecular formula is C15H20ClFN2O. The number of fused-ring (bicyclic) bond motifs is 1. The number of aliphatic hydroxyl groups is 1. The van der Waals surface area contributed by atoms with Crippen LogP contribution in [0.1, 0.15) is 32.6 Å². The third-order valence-electron chi connectivity index (χ3n) is 5.02. The molecule has 0 spiro atoms. The van der Waals surface area contributed by atoms with Gasteiger partial charge in [0, 0.05) is 25.2 Å². The van der Waals surface area contributed by atoms with E-state index in [1.54, 1.807) is 0 Å². The molecule has 3 nitrogen and oxygen atoms in total. The molecule has 2 fully saturated rings. The van der Waals surface area contributed by atoms with Crippen molar-refractivity contribution in [1.82, 2.24) is 4.98 Å². The Morgan fingerprint density at radius 2 is 2.35 bits per heavy atom. The number of hydrogen-bond donors (Lipinski definition) is 1. The molecular weight excluding hydrogens is 279 g/mol. The Labute approximate surface area is 123 Å². The first-order valence-corrected chi connectivity index (χ1v) is 7.69. The fraction of sp³-hybridized carbons (Fsp3) is 0.667. The predicted octanol–water partition coefficient (Wildman–Crippen LogP) is 3.25. The number of aromatic nitrogens is 1. The van der Waals surface area contributed by atoms with Crippen LogP contribution in [0.25, 0.3) is 0 Å². The molecule has 1 aliphatic heterocycles. The Hall–Kier alpha value is -0.870. The van der Waals surface area contributed by atoms with E-state index in [9.17, 15) is 9.50 Å². The standard InChI is InChI=1S/C15H20ClFN2O/c1-2-15(20)5-3-4-10-8-19(9-12(10)15)14-13(17)6-11(16)7-18-14/h6-7,10,12,20H,2-5,8-9H2,1H3/t10-,12+,15-/m1/s1. The molecule has 2 heterocycles. The van der Waals surface area contributed by atoms with Crippen LogP contribution in [0.3, 0.4) is 0 Å². The molecule has 2 aliphatic rings. The third kappa shape index (κ3) is 2.29. The summed E-state index contributed by atoms with van der Waals surface area (Å²) in [5, 5.41) is 11.1. The van der Waals surface area contributed by atoms with E-state index < -0.39 is 5.60 Å². The van der Waals surface area contributed by atoms with Crippen LogP contribution >= 0.6 is 11.6 Å². The highest BCUT2D eigenvalue weighted by molar-refractivity contribution is 6.30. The van der Waals surface area contributed by atoms with Crippen LogP contribution < -0.4 is 4.90 Å². The summed E-state index contributed by atoms with van der Waals surface area (Å²) in [5.74, 6) is 0.641. The van der Waals surface area contributed by atoms with E-state index >= 15 is 0 Å². The zero-order valence-electron chi connectivity index (χ0n) is 11.6. The maximum absolute atomic E-state index is 14.0. The van der Waals surface area contributed by atoms with Crippen LogP contribution in [-0.2, 0) is 0 Å². The molecule has 3 atom stereocenters. The zero-order chi connectivity index (χ0) is 14.3. The Morgan fingerprint density at radius 1 is 1.55 bits per heavy atom. The molecule has 20 heavy (non-hydrogen) atoms. The van der Waals surface area contributed by atoms with Gasteiger partial charge < -0.3 is 10.0 Å². The Bertz CT molecular complexity index is 513. The summed E-state index contributed by atoms with van der Waals surface area (Å²) in [6.45, 7) is 3.49. The Balaban J connectivity index is 1.85. The average molecular weight is 299 g/mol. The van der Waals surface area contributed by atoms with Crippen LogP contribution in [0.4, 0.5) is 10.2 Å². The van der Waals surface area contributed by atoms with Crippen LogP contribution in [0.2, 0.25) is 5.02 Å². The summed E-state index contributed by atoms with van der Waals surface area (Å²) in [6, 6.07) is 1.30. The van der Waals surface area contributed by atoms with E-state index in [4.69, 9.17) is 11.6 Å². The normalized spacial score (nSPS) is 33.3. The van der Waals surface area contributed by atoms with E-state index in [-0.39, 0.29) is 11.7 Å². The van der Waals surface area contributed by atoms with Gasteiger partial charge in [-0.15, -0.1) is 0 Å². The second kappa shape index (κ2) is 5.15. The number of rotatable bonds is 2. The molecule has 5 heteroatoms. The number of hydrogen-bond acceptors (Lipinski definition) is 3. The van der Waals surface area contributed by atoms with Crippen molar-refractivity contribution >= 4 is 17.4 Å². The van der Waals surface area contributed by atoms with Gasteiger partial charge in [0.15, 0.2) is 11.6 Å². The molecule has 3 rings (SSSR count). The molecule has 0 aromatic carbocycles.